The molecule has 1 heterocycles. The lowest BCUT2D eigenvalue weighted by Gasteiger charge is -2.03. The Morgan fingerprint density at radius 1 is 1.10 bits per heavy atom. The number of H-pyrrole nitrogens is 1. The van der Waals surface area contributed by atoms with Crippen LogP contribution in [-0.2, 0) is 4.79 Å². The van der Waals surface area contributed by atoms with E-state index in [1.807, 2.05) is 61.5 Å². The monoisotopic (exact) mass is 276 g/mol. The van der Waals surface area contributed by atoms with Crippen molar-refractivity contribution in [2.75, 3.05) is 5.32 Å². The number of hydrogen-bond acceptors (Lipinski definition) is 1. The second-order valence-corrected chi connectivity index (χ2v) is 4.95. The van der Waals surface area contributed by atoms with E-state index < -0.39 is 0 Å². The molecule has 1 amide bonds. The highest BCUT2D eigenvalue weighted by Crippen LogP contribution is 2.24. The highest BCUT2D eigenvalue weighted by molar-refractivity contribution is 6.07. The molecule has 0 unspecified atom stereocenters. The van der Waals surface area contributed by atoms with E-state index in [1.54, 1.807) is 12.2 Å². The molecule has 0 fully saturated rings. The molecule has 104 valence electrons. The third-order valence-corrected chi connectivity index (χ3v) is 3.28. The van der Waals surface area contributed by atoms with Gasteiger partial charge < -0.3 is 10.3 Å². The zero-order chi connectivity index (χ0) is 14.7. The van der Waals surface area contributed by atoms with Gasteiger partial charge in [0.25, 0.3) is 0 Å². The standard InChI is InChI=1S/C18H16N2O/c1-13-12-15-16(19-13)8-5-9-17(15)20-18(21)11-10-14-6-3-2-4-7-14/h2-12,19H,1H3,(H,20,21)/b11-10+. The Hall–Kier alpha value is -2.81. The predicted octanol–water partition coefficient (Wildman–Crippen LogP) is 4.13. The molecule has 0 spiro atoms. The van der Waals surface area contributed by atoms with Gasteiger partial charge in [0.05, 0.1) is 5.69 Å². The Morgan fingerprint density at radius 3 is 2.71 bits per heavy atom. The van der Waals surface area contributed by atoms with Gasteiger partial charge >= 0.3 is 0 Å². The summed E-state index contributed by atoms with van der Waals surface area (Å²) in [6.07, 6.45) is 3.35. The Balaban J connectivity index is 1.79. The molecule has 2 N–H and O–H groups in total. The van der Waals surface area contributed by atoms with Gasteiger partial charge in [0.15, 0.2) is 0 Å². The summed E-state index contributed by atoms with van der Waals surface area (Å²) in [7, 11) is 0. The number of hydrogen-bond donors (Lipinski definition) is 2. The van der Waals surface area contributed by atoms with Gasteiger partial charge in [-0.05, 0) is 36.8 Å². The largest absolute Gasteiger partial charge is 0.359 e. The van der Waals surface area contributed by atoms with E-state index in [0.29, 0.717) is 0 Å². The highest BCUT2D eigenvalue weighted by Gasteiger charge is 2.05. The summed E-state index contributed by atoms with van der Waals surface area (Å²) in [5.41, 5.74) is 3.92. The van der Waals surface area contributed by atoms with Crippen molar-refractivity contribution in [2.45, 2.75) is 6.92 Å². The van der Waals surface area contributed by atoms with Gasteiger partial charge in [-0.2, -0.15) is 0 Å². The number of nitrogens with one attached hydrogen (secondary N) is 2. The molecule has 0 radical (unpaired) electrons. The van der Waals surface area contributed by atoms with Crippen LogP contribution in [0.25, 0.3) is 17.0 Å². The molecule has 0 aliphatic rings. The maximum absolute atomic E-state index is 12.0. The van der Waals surface area contributed by atoms with Crippen molar-refractivity contribution in [3.63, 3.8) is 0 Å². The quantitative estimate of drug-likeness (QED) is 0.694. The number of carbonyl (C=O) groups excluding carboxylic acids is 1. The van der Waals surface area contributed by atoms with Crippen LogP contribution in [0.3, 0.4) is 0 Å². The molecule has 3 aromatic rings. The van der Waals surface area contributed by atoms with Crippen molar-refractivity contribution in [2.24, 2.45) is 0 Å². The number of aromatic nitrogens is 1. The molecule has 0 saturated carbocycles. The Morgan fingerprint density at radius 2 is 1.90 bits per heavy atom. The van der Waals surface area contributed by atoms with Gasteiger partial charge in [0.2, 0.25) is 5.91 Å². The number of carbonyl (C=O) groups is 1. The van der Waals surface area contributed by atoms with Crippen LogP contribution in [0.4, 0.5) is 5.69 Å². The van der Waals surface area contributed by atoms with Gasteiger partial charge in [-0.1, -0.05) is 36.4 Å². The normalized spacial score (nSPS) is 11.1. The molecule has 0 saturated heterocycles. The van der Waals surface area contributed by atoms with Crippen molar-refractivity contribution in [3.8, 4) is 0 Å². The third kappa shape index (κ3) is 3.03. The summed E-state index contributed by atoms with van der Waals surface area (Å²) in [6.45, 7) is 2.00. The fourth-order valence-electron chi connectivity index (χ4n) is 2.31. The second-order valence-electron chi connectivity index (χ2n) is 4.95. The molecule has 0 aliphatic carbocycles. The number of rotatable bonds is 3. The zero-order valence-electron chi connectivity index (χ0n) is 11.8. The number of amides is 1. The average Bonchev–Trinajstić information content (AvgIpc) is 2.88. The fraction of sp³-hybridized carbons (Fsp3) is 0.0556. The van der Waals surface area contributed by atoms with Crippen LogP contribution in [0.15, 0.2) is 60.7 Å². The van der Waals surface area contributed by atoms with Crippen molar-refractivity contribution in [1.82, 2.24) is 4.98 Å². The minimum absolute atomic E-state index is 0.134. The van der Waals surface area contributed by atoms with Gasteiger partial charge in [0, 0.05) is 22.7 Å². The summed E-state index contributed by atoms with van der Waals surface area (Å²) < 4.78 is 0. The maximum atomic E-state index is 12.0. The molecule has 0 aliphatic heterocycles. The molecule has 3 heteroatoms. The molecule has 3 rings (SSSR count). The van der Waals surface area contributed by atoms with E-state index in [1.165, 1.54) is 0 Å². The molecule has 21 heavy (non-hydrogen) atoms. The minimum atomic E-state index is -0.134. The Bertz CT molecular complexity index is 800. The van der Waals surface area contributed by atoms with Gasteiger partial charge in [0.1, 0.15) is 0 Å². The van der Waals surface area contributed by atoms with Crippen LogP contribution in [-0.4, -0.2) is 10.9 Å². The van der Waals surface area contributed by atoms with Gasteiger partial charge in [-0.15, -0.1) is 0 Å². The van der Waals surface area contributed by atoms with Crippen LogP contribution < -0.4 is 5.32 Å². The van der Waals surface area contributed by atoms with Crippen molar-refractivity contribution in [1.29, 1.82) is 0 Å². The van der Waals surface area contributed by atoms with Crippen LogP contribution >= 0.6 is 0 Å². The van der Waals surface area contributed by atoms with Crippen LogP contribution in [0.1, 0.15) is 11.3 Å². The maximum Gasteiger partial charge on any atom is 0.248 e. The van der Waals surface area contributed by atoms with Crippen LogP contribution in [0, 0.1) is 6.92 Å². The predicted molar refractivity (Wildman–Crippen MR) is 87.1 cm³/mol. The second kappa shape index (κ2) is 5.67. The van der Waals surface area contributed by atoms with E-state index in [9.17, 15) is 4.79 Å². The lowest BCUT2D eigenvalue weighted by atomic mass is 10.2. The fourth-order valence-corrected chi connectivity index (χ4v) is 2.31. The van der Waals surface area contributed by atoms with E-state index in [4.69, 9.17) is 0 Å². The Kier molecular flexibility index (Phi) is 3.56. The molecule has 0 bridgehead atoms. The zero-order valence-corrected chi connectivity index (χ0v) is 11.8. The van der Waals surface area contributed by atoms with Crippen molar-refractivity contribution >= 4 is 28.6 Å². The smallest absolute Gasteiger partial charge is 0.248 e. The topological polar surface area (TPSA) is 44.9 Å². The molecular weight excluding hydrogens is 260 g/mol. The summed E-state index contributed by atoms with van der Waals surface area (Å²) in [5, 5.41) is 3.95. The summed E-state index contributed by atoms with van der Waals surface area (Å²) in [6, 6.07) is 17.6. The van der Waals surface area contributed by atoms with Crippen LogP contribution in [0.2, 0.25) is 0 Å². The van der Waals surface area contributed by atoms with E-state index in [-0.39, 0.29) is 5.91 Å². The number of benzene rings is 2. The molecule has 2 aromatic carbocycles. The van der Waals surface area contributed by atoms with E-state index in [2.05, 4.69) is 10.3 Å². The first kappa shape index (κ1) is 13.2. The SMILES string of the molecule is Cc1cc2c(NC(=O)/C=C/c3ccccc3)cccc2[nH]1. The lowest BCUT2D eigenvalue weighted by Crippen LogP contribution is -2.07. The van der Waals surface area contributed by atoms with Gasteiger partial charge in [-0.25, -0.2) is 0 Å². The molecule has 1 aromatic heterocycles. The summed E-state index contributed by atoms with van der Waals surface area (Å²) in [5.74, 6) is -0.134. The molecular formula is C18H16N2O. The number of anilines is 1. The van der Waals surface area contributed by atoms with E-state index in [0.717, 1.165) is 27.8 Å². The number of fused-ring (bicyclic) bond motifs is 1. The van der Waals surface area contributed by atoms with Crippen molar-refractivity contribution < 1.29 is 4.79 Å². The molecule has 3 nitrogen and oxygen atoms in total. The van der Waals surface area contributed by atoms with Gasteiger partial charge in [-0.3, -0.25) is 4.79 Å². The first-order chi connectivity index (χ1) is 10.2. The van der Waals surface area contributed by atoms with Crippen LogP contribution in [0.5, 0.6) is 0 Å². The Labute approximate surface area is 123 Å². The first-order valence-electron chi connectivity index (χ1n) is 6.85. The third-order valence-electron chi connectivity index (χ3n) is 3.28. The van der Waals surface area contributed by atoms with Crippen molar-refractivity contribution in [3.05, 3.63) is 71.9 Å². The average molecular weight is 276 g/mol. The minimum Gasteiger partial charge on any atom is -0.359 e. The number of aryl methyl sites for hydroxylation is 1. The van der Waals surface area contributed by atoms with E-state index >= 15 is 0 Å². The highest BCUT2D eigenvalue weighted by atomic mass is 16.1. The lowest BCUT2D eigenvalue weighted by molar-refractivity contribution is -0.111. The number of aromatic amines is 1. The molecule has 0 atom stereocenters. The summed E-state index contributed by atoms with van der Waals surface area (Å²) in [4.78, 5) is 15.3. The first-order valence-corrected chi connectivity index (χ1v) is 6.85. The summed E-state index contributed by atoms with van der Waals surface area (Å²) >= 11 is 0.